The van der Waals surface area contributed by atoms with Gasteiger partial charge < -0.3 is 10.2 Å². The minimum absolute atomic E-state index is 0.0648. The number of nitrogens with one attached hydrogen (secondary N) is 1. The highest BCUT2D eigenvalue weighted by molar-refractivity contribution is 7.92. The van der Waals surface area contributed by atoms with Gasteiger partial charge in [0.2, 0.25) is 21.8 Å². The molecule has 2 amide bonds. The van der Waals surface area contributed by atoms with Crippen LogP contribution in [0.3, 0.4) is 0 Å². The molecule has 0 aliphatic rings. The molecule has 3 aromatic carbocycles. The maximum atomic E-state index is 14.1. The quantitative estimate of drug-likeness (QED) is 0.257. The lowest BCUT2D eigenvalue weighted by molar-refractivity contribution is -0.140. The molecule has 0 unspecified atom stereocenters. The molecule has 214 valence electrons. The first-order chi connectivity index (χ1) is 19.0. The van der Waals surface area contributed by atoms with E-state index in [1.807, 2.05) is 43.3 Å². The predicted molar refractivity (Wildman–Crippen MR) is 162 cm³/mol. The fraction of sp³-hybridized carbons (Fsp3) is 0.333. The van der Waals surface area contributed by atoms with Crippen LogP contribution in [-0.2, 0) is 32.6 Å². The Kier molecular flexibility index (Phi) is 11.4. The number of hydrogen-bond acceptors (Lipinski definition) is 4. The van der Waals surface area contributed by atoms with Crippen LogP contribution in [0.1, 0.15) is 36.5 Å². The van der Waals surface area contributed by atoms with Crippen LogP contribution in [0.2, 0.25) is 10.0 Å². The number of carbonyl (C=O) groups is 2. The predicted octanol–water partition coefficient (Wildman–Crippen LogP) is 5.62. The van der Waals surface area contributed by atoms with E-state index < -0.39 is 28.5 Å². The zero-order valence-electron chi connectivity index (χ0n) is 22.9. The molecule has 0 fully saturated rings. The molecule has 0 heterocycles. The monoisotopic (exact) mass is 603 g/mol. The normalized spacial score (nSPS) is 12.0. The van der Waals surface area contributed by atoms with E-state index in [-0.39, 0.29) is 18.9 Å². The lowest BCUT2D eigenvalue weighted by Gasteiger charge is -2.34. The van der Waals surface area contributed by atoms with E-state index in [2.05, 4.69) is 5.32 Å². The fourth-order valence-corrected chi connectivity index (χ4v) is 5.73. The molecule has 3 aromatic rings. The number of carbonyl (C=O) groups excluding carboxylic acids is 2. The Morgan fingerprint density at radius 1 is 0.925 bits per heavy atom. The molecule has 40 heavy (non-hydrogen) atoms. The fourth-order valence-electron chi connectivity index (χ4n) is 4.39. The number of anilines is 1. The zero-order chi connectivity index (χ0) is 29.3. The molecule has 7 nitrogen and oxygen atoms in total. The van der Waals surface area contributed by atoms with Crippen molar-refractivity contribution in [3.8, 4) is 0 Å². The Balaban J connectivity index is 2.05. The highest BCUT2D eigenvalue weighted by Gasteiger charge is 2.33. The standard InChI is InChI=1S/C30H35Cl2N3O4S/c1-4-5-16-33-30(37)28(19-23-10-7-6-8-11-23)34(20-24-12-9-13-25(31)18-24)29(36)21-35(40(3,38)39)27-15-14-26(32)17-22(27)2/h6-15,17-18,28H,4-5,16,19-21H2,1-3H3,(H,33,37)/t28-/m0/s1. The highest BCUT2D eigenvalue weighted by Crippen LogP contribution is 2.26. The number of hydrogen-bond donors (Lipinski definition) is 1. The summed E-state index contributed by atoms with van der Waals surface area (Å²) in [7, 11) is -3.86. The molecule has 1 N–H and O–H groups in total. The topological polar surface area (TPSA) is 86.8 Å². The van der Waals surface area contributed by atoms with Crippen LogP contribution in [0.5, 0.6) is 0 Å². The van der Waals surface area contributed by atoms with Crippen molar-refractivity contribution in [1.82, 2.24) is 10.2 Å². The van der Waals surface area contributed by atoms with Crippen LogP contribution in [-0.4, -0.2) is 50.5 Å². The van der Waals surface area contributed by atoms with Crippen molar-refractivity contribution in [1.29, 1.82) is 0 Å². The van der Waals surface area contributed by atoms with Gasteiger partial charge in [-0.25, -0.2) is 8.42 Å². The number of aryl methyl sites for hydroxylation is 1. The van der Waals surface area contributed by atoms with Gasteiger partial charge in [0, 0.05) is 29.6 Å². The highest BCUT2D eigenvalue weighted by atomic mass is 35.5. The van der Waals surface area contributed by atoms with Crippen LogP contribution >= 0.6 is 23.2 Å². The summed E-state index contributed by atoms with van der Waals surface area (Å²) in [5, 5.41) is 3.91. The average molecular weight is 605 g/mol. The molecule has 3 rings (SSSR count). The first kappa shape index (κ1) is 31.5. The van der Waals surface area contributed by atoms with Gasteiger partial charge in [0.15, 0.2) is 0 Å². The van der Waals surface area contributed by atoms with Gasteiger partial charge in [0.05, 0.1) is 11.9 Å². The number of benzene rings is 3. The molecule has 0 spiro atoms. The molecule has 10 heteroatoms. The molecule has 1 atom stereocenters. The van der Waals surface area contributed by atoms with Crippen LogP contribution in [0.4, 0.5) is 5.69 Å². The molecule has 0 saturated heterocycles. The van der Waals surface area contributed by atoms with E-state index in [9.17, 15) is 18.0 Å². The third-order valence-electron chi connectivity index (χ3n) is 6.45. The summed E-state index contributed by atoms with van der Waals surface area (Å²) < 4.78 is 26.9. The summed E-state index contributed by atoms with van der Waals surface area (Å²) >= 11 is 12.3. The van der Waals surface area contributed by atoms with Crippen molar-refractivity contribution >= 4 is 50.7 Å². The third kappa shape index (κ3) is 8.98. The summed E-state index contributed by atoms with van der Waals surface area (Å²) in [6.07, 6.45) is 3.00. The van der Waals surface area contributed by atoms with E-state index in [0.717, 1.165) is 29.0 Å². The largest absolute Gasteiger partial charge is 0.354 e. The van der Waals surface area contributed by atoms with Crippen molar-refractivity contribution in [3.05, 3.63) is 99.5 Å². The molecular weight excluding hydrogens is 569 g/mol. The summed E-state index contributed by atoms with van der Waals surface area (Å²) in [4.78, 5) is 29.1. The second kappa shape index (κ2) is 14.5. The van der Waals surface area contributed by atoms with Crippen molar-refractivity contribution in [2.75, 3.05) is 23.7 Å². The average Bonchev–Trinajstić information content (AvgIpc) is 2.89. The van der Waals surface area contributed by atoms with Crippen LogP contribution in [0.15, 0.2) is 72.8 Å². The van der Waals surface area contributed by atoms with Crippen molar-refractivity contribution in [2.24, 2.45) is 0 Å². The number of rotatable bonds is 13. The minimum Gasteiger partial charge on any atom is -0.354 e. The number of sulfonamides is 1. The number of amides is 2. The Hall–Kier alpha value is -3.07. The molecule has 0 radical (unpaired) electrons. The number of halogens is 2. The van der Waals surface area contributed by atoms with E-state index in [1.54, 1.807) is 43.3 Å². The summed E-state index contributed by atoms with van der Waals surface area (Å²) in [5.74, 6) is -0.826. The van der Waals surface area contributed by atoms with Gasteiger partial charge in [0.1, 0.15) is 12.6 Å². The Morgan fingerprint density at radius 2 is 1.60 bits per heavy atom. The van der Waals surface area contributed by atoms with Gasteiger partial charge in [0.25, 0.3) is 0 Å². The van der Waals surface area contributed by atoms with Crippen LogP contribution in [0, 0.1) is 6.92 Å². The van der Waals surface area contributed by atoms with Gasteiger partial charge in [-0.3, -0.25) is 13.9 Å². The smallest absolute Gasteiger partial charge is 0.244 e. The number of unbranched alkanes of at least 4 members (excludes halogenated alkanes) is 1. The third-order valence-corrected chi connectivity index (χ3v) is 8.05. The summed E-state index contributed by atoms with van der Waals surface area (Å²) in [6, 6.07) is 20.4. The van der Waals surface area contributed by atoms with Crippen LogP contribution in [0.25, 0.3) is 0 Å². The van der Waals surface area contributed by atoms with Crippen molar-refractivity contribution in [3.63, 3.8) is 0 Å². The van der Waals surface area contributed by atoms with Gasteiger partial charge >= 0.3 is 0 Å². The Labute approximate surface area is 247 Å². The lowest BCUT2D eigenvalue weighted by atomic mass is 10.0. The molecular formula is C30H35Cl2N3O4S. The minimum atomic E-state index is -3.86. The van der Waals surface area contributed by atoms with Gasteiger partial charge in [-0.15, -0.1) is 0 Å². The second-order valence-electron chi connectivity index (χ2n) is 9.70. The zero-order valence-corrected chi connectivity index (χ0v) is 25.3. The van der Waals surface area contributed by atoms with Gasteiger partial charge in [-0.05, 0) is 60.4 Å². The van der Waals surface area contributed by atoms with E-state index >= 15 is 0 Å². The Morgan fingerprint density at radius 3 is 2.23 bits per heavy atom. The van der Waals surface area contributed by atoms with E-state index in [4.69, 9.17) is 23.2 Å². The van der Waals surface area contributed by atoms with Crippen molar-refractivity contribution < 1.29 is 18.0 Å². The molecule has 0 saturated carbocycles. The van der Waals surface area contributed by atoms with Crippen molar-refractivity contribution in [2.45, 2.75) is 45.7 Å². The van der Waals surface area contributed by atoms with E-state index in [0.29, 0.717) is 33.4 Å². The first-order valence-electron chi connectivity index (χ1n) is 13.1. The first-order valence-corrected chi connectivity index (χ1v) is 15.7. The lowest BCUT2D eigenvalue weighted by Crippen LogP contribution is -2.53. The van der Waals surface area contributed by atoms with Gasteiger partial charge in [-0.2, -0.15) is 0 Å². The SMILES string of the molecule is CCCCNC(=O)[C@H](Cc1ccccc1)N(Cc1cccc(Cl)c1)C(=O)CN(c1ccc(Cl)cc1C)S(C)(=O)=O. The second-order valence-corrected chi connectivity index (χ2v) is 12.5. The maximum Gasteiger partial charge on any atom is 0.244 e. The summed E-state index contributed by atoms with van der Waals surface area (Å²) in [6.45, 7) is 3.80. The Bertz CT molecular complexity index is 1420. The summed E-state index contributed by atoms with van der Waals surface area (Å²) in [5.41, 5.74) is 2.53. The maximum absolute atomic E-state index is 14.1. The van der Waals surface area contributed by atoms with E-state index in [1.165, 1.54) is 4.90 Å². The van der Waals surface area contributed by atoms with Crippen LogP contribution < -0.4 is 9.62 Å². The molecule has 0 aromatic heterocycles. The number of nitrogens with zero attached hydrogens (tertiary/aromatic N) is 2. The molecule has 0 bridgehead atoms. The molecule has 0 aliphatic carbocycles. The molecule has 0 aliphatic heterocycles. The van der Waals surface area contributed by atoms with Gasteiger partial charge in [-0.1, -0.05) is 79.0 Å².